The van der Waals surface area contributed by atoms with Crippen LogP contribution in [0.15, 0.2) is 36.5 Å². The molecular formula is C15H13Cl2N3. The van der Waals surface area contributed by atoms with Crippen molar-refractivity contribution in [1.29, 1.82) is 0 Å². The third kappa shape index (κ3) is 2.17. The first kappa shape index (κ1) is 13.4. The average molecular weight is 306 g/mol. The molecule has 0 fully saturated rings. The van der Waals surface area contributed by atoms with Gasteiger partial charge in [-0.1, -0.05) is 17.7 Å². The minimum Gasteiger partial charge on any atom is -0.278 e. The van der Waals surface area contributed by atoms with Crippen molar-refractivity contribution in [3.63, 3.8) is 0 Å². The number of alkyl halides is 1. The summed E-state index contributed by atoms with van der Waals surface area (Å²) in [6.45, 7) is 3.92. The topological polar surface area (TPSA) is 30.7 Å². The van der Waals surface area contributed by atoms with Gasteiger partial charge in [-0.25, -0.2) is 9.97 Å². The molecule has 3 aromatic rings. The van der Waals surface area contributed by atoms with Crippen LogP contribution in [0.5, 0.6) is 0 Å². The molecule has 0 N–H and O–H groups in total. The molecule has 0 saturated carbocycles. The third-order valence-corrected chi connectivity index (χ3v) is 3.66. The molecular weight excluding hydrogens is 293 g/mol. The molecule has 0 aliphatic rings. The molecule has 1 atom stereocenters. The van der Waals surface area contributed by atoms with Gasteiger partial charge in [0, 0.05) is 6.20 Å². The van der Waals surface area contributed by atoms with E-state index in [0.29, 0.717) is 5.02 Å². The largest absolute Gasteiger partial charge is 0.278 e. The molecule has 102 valence electrons. The fourth-order valence-electron chi connectivity index (χ4n) is 2.23. The monoisotopic (exact) mass is 305 g/mol. The minimum absolute atomic E-state index is 0.235. The average Bonchev–Trinajstić information content (AvgIpc) is 2.81. The molecule has 2 heterocycles. The normalized spacial score (nSPS) is 12.8. The first-order valence-corrected chi connectivity index (χ1v) is 7.13. The van der Waals surface area contributed by atoms with E-state index >= 15 is 0 Å². The second-order valence-corrected chi connectivity index (χ2v) is 5.78. The molecule has 3 nitrogen and oxygen atoms in total. The van der Waals surface area contributed by atoms with Gasteiger partial charge in [0.15, 0.2) is 5.65 Å². The van der Waals surface area contributed by atoms with E-state index in [1.807, 2.05) is 48.7 Å². The highest BCUT2D eigenvalue weighted by Crippen LogP contribution is 2.30. The van der Waals surface area contributed by atoms with E-state index in [9.17, 15) is 0 Å². The Bertz CT molecular complexity index is 778. The lowest BCUT2D eigenvalue weighted by Gasteiger charge is -2.12. The summed E-state index contributed by atoms with van der Waals surface area (Å²) in [5.41, 5.74) is 3.56. The zero-order valence-corrected chi connectivity index (χ0v) is 12.7. The number of nitrogens with zero attached hydrogens (tertiary/aromatic N) is 3. The summed E-state index contributed by atoms with van der Waals surface area (Å²) < 4.78 is 1.93. The van der Waals surface area contributed by atoms with Crippen LogP contribution in [0.3, 0.4) is 0 Å². The zero-order valence-electron chi connectivity index (χ0n) is 11.1. The number of halogens is 2. The van der Waals surface area contributed by atoms with Crippen molar-refractivity contribution in [1.82, 2.24) is 14.5 Å². The number of hydrogen-bond donors (Lipinski definition) is 0. The fraction of sp³-hybridized carbons (Fsp3) is 0.200. The predicted octanol–water partition coefficient (Wildman–Crippen LogP) is 4.68. The van der Waals surface area contributed by atoms with Crippen LogP contribution >= 0.6 is 23.2 Å². The van der Waals surface area contributed by atoms with E-state index in [4.69, 9.17) is 23.2 Å². The number of aryl methyl sites for hydroxylation is 1. The smallest absolute Gasteiger partial charge is 0.164 e. The predicted molar refractivity (Wildman–Crippen MR) is 82.9 cm³/mol. The summed E-state index contributed by atoms with van der Waals surface area (Å²) in [5.74, 6) is 0.743. The van der Waals surface area contributed by atoms with Crippen LogP contribution in [0.4, 0.5) is 0 Å². The van der Waals surface area contributed by atoms with Crippen molar-refractivity contribution < 1.29 is 0 Å². The summed E-state index contributed by atoms with van der Waals surface area (Å²) >= 11 is 12.6. The lowest BCUT2D eigenvalue weighted by atomic mass is 10.2. The molecule has 0 amide bonds. The number of fused-ring (bicyclic) bond motifs is 1. The molecule has 0 radical (unpaired) electrons. The van der Waals surface area contributed by atoms with Crippen LogP contribution in [-0.4, -0.2) is 14.5 Å². The molecule has 1 unspecified atom stereocenters. The van der Waals surface area contributed by atoms with Gasteiger partial charge >= 0.3 is 0 Å². The molecule has 0 saturated heterocycles. The number of pyridine rings is 1. The van der Waals surface area contributed by atoms with Gasteiger partial charge in [-0.05, 0) is 43.7 Å². The lowest BCUT2D eigenvalue weighted by molar-refractivity contribution is 0.876. The zero-order chi connectivity index (χ0) is 14.3. The maximum Gasteiger partial charge on any atom is 0.164 e. The van der Waals surface area contributed by atoms with E-state index in [0.717, 1.165) is 28.2 Å². The number of imidazole rings is 1. The summed E-state index contributed by atoms with van der Waals surface area (Å²) in [6, 6.07) is 9.65. The third-order valence-electron chi connectivity index (χ3n) is 3.14. The molecule has 5 heteroatoms. The second kappa shape index (κ2) is 5.08. The van der Waals surface area contributed by atoms with E-state index < -0.39 is 0 Å². The van der Waals surface area contributed by atoms with Crippen molar-refractivity contribution in [2.45, 2.75) is 19.2 Å². The first-order chi connectivity index (χ1) is 9.58. The Labute approximate surface area is 127 Å². The van der Waals surface area contributed by atoms with E-state index in [1.165, 1.54) is 0 Å². The van der Waals surface area contributed by atoms with Crippen molar-refractivity contribution in [3.05, 3.63) is 52.9 Å². The summed E-state index contributed by atoms with van der Waals surface area (Å²) in [7, 11) is 0. The Morgan fingerprint density at radius 3 is 2.80 bits per heavy atom. The first-order valence-electron chi connectivity index (χ1n) is 6.32. The SMILES string of the molecule is Cc1ccc(Cl)c(-n2c(C(C)Cl)nc3cccnc32)c1. The van der Waals surface area contributed by atoms with Gasteiger partial charge in [0.2, 0.25) is 0 Å². The number of benzene rings is 1. The van der Waals surface area contributed by atoms with Gasteiger partial charge in [0.25, 0.3) is 0 Å². The lowest BCUT2D eigenvalue weighted by Crippen LogP contribution is -2.03. The van der Waals surface area contributed by atoms with Crippen molar-refractivity contribution in [2.24, 2.45) is 0 Å². The Kier molecular flexibility index (Phi) is 3.40. The van der Waals surface area contributed by atoms with Crippen LogP contribution < -0.4 is 0 Å². The fourth-order valence-corrected chi connectivity index (χ4v) is 2.58. The molecule has 3 rings (SSSR count). The Morgan fingerprint density at radius 2 is 2.05 bits per heavy atom. The summed E-state index contributed by atoms with van der Waals surface area (Å²) in [4.78, 5) is 8.98. The van der Waals surface area contributed by atoms with Crippen molar-refractivity contribution >= 4 is 34.4 Å². The summed E-state index contributed by atoms with van der Waals surface area (Å²) in [5, 5.41) is 0.417. The Balaban J connectivity index is 2.39. The number of hydrogen-bond acceptors (Lipinski definition) is 2. The van der Waals surface area contributed by atoms with Gasteiger partial charge in [0.05, 0.1) is 16.1 Å². The van der Waals surface area contributed by atoms with Crippen molar-refractivity contribution in [3.8, 4) is 5.69 Å². The van der Waals surface area contributed by atoms with Crippen LogP contribution in [0.2, 0.25) is 5.02 Å². The van der Waals surface area contributed by atoms with Gasteiger partial charge < -0.3 is 0 Å². The highest BCUT2D eigenvalue weighted by atomic mass is 35.5. The molecule has 0 spiro atoms. The maximum absolute atomic E-state index is 6.35. The molecule has 20 heavy (non-hydrogen) atoms. The van der Waals surface area contributed by atoms with Gasteiger partial charge in [-0.2, -0.15) is 0 Å². The molecule has 0 bridgehead atoms. The number of rotatable bonds is 2. The van der Waals surface area contributed by atoms with Crippen LogP contribution in [0.25, 0.3) is 16.9 Å². The van der Waals surface area contributed by atoms with E-state index in [2.05, 4.69) is 9.97 Å². The standard InChI is InChI=1S/C15H13Cl2N3/c1-9-5-6-11(17)13(8-9)20-14(10(2)16)19-12-4-3-7-18-15(12)20/h3-8,10H,1-2H3. The highest BCUT2D eigenvalue weighted by molar-refractivity contribution is 6.32. The molecule has 0 aliphatic carbocycles. The summed E-state index contributed by atoms with van der Waals surface area (Å²) in [6.07, 6.45) is 1.74. The highest BCUT2D eigenvalue weighted by Gasteiger charge is 2.18. The van der Waals surface area contributed by atoms with Gasteiger partial charge in [0.1, 0.15) is 11.3 Å². The Morgan fingerprint density at radius 1 is 1.25 bits per heavy atom. The van der Waals surface area contributed by atoms with Crippen LogP contribution in [0.1, 0.15) is 23.7 Å². The van der Waals surface area contributed by atoms with Crippen molar-refractivity contribution in [2.75, 3.05) is 0 Å². The van der Waals surface area contributed by atoms with Crippen LogP contribution in [-0.2, 0) is 0 Å². The van der Waals surface area contributed by atoms with Crippen LogP contribution in [0, 0.1) is 6.92 Å². The van der Waals surface area contributed by atoms with Gasteiger partial charge in [-0.3, -0.25) is 4.57 Å². The van der Waals surface area contributed by atoms with E-state index in [-0.39, 0.29) is 5.38 Å². The Hall–Kier alpha value is -1.58. The molecule has 0 aliphatic heterocycles. The second-order valence-electron chi connectivity index (χ2n) is 4.72. The minimum atomic E-state index is -0.235. The van der Waals surface area contributed by atoms with Gasteiger partial charge in [-0.15, -0.1) is 11.6 Å². The quantitative estimate of drug-likeness (QED) is 0.643. The molecule has 2 aromatic heterocycles. The van der Waals surface area contributed by atoms with E-state index in [1.54, 1.807) is 6.20 Å². The maximum atomic E-state index is 6.35. The number of aromatic nitrogens is 3. The molecule has 1 aromatic carbocycles.